The van der Waals surface area contributed by atoms with Crippen molar-refractivity contribution in [2.24, 2.45) is 0 Å². The lowest BCUT2D eigenvalue weighted by Crippen LogP contribution is -1.98. The average Bonchev–Trinajstić information content (AvgIpc) is 2.17. The van der Waals surface area contributed by atoms with Crippen LogP contribution in [0.25, 0.3) is 0 Å². The van der Waals surface area contributed by atoms with Crippen molar-refractivity contribution >= 4 is 11.6 Å². The summed E-state index contributed by atoms with van der Waals surface area (Å²) in [5.74, 6) is 5.98. The molecule has 0 aliphatic heterocycles. The Kier molecular flexibility index (Phi) is 10.3. The van der Waals surface area contributed by atoms with E-state index >= 15 is 0 Å². The maximum Gasteiger partial charge on any atom is 0.0841 e. The first-order chi connectivity index (χ1) is 6.81. The molecule has 0 saturated heterocycles. The molecule has 2 heteroatoms. The molecule has 0 aromatic heterocycles. The minimum atomic E-state index is -0.518. The molecular weight excluding hydrogens is 196 g/mol. The van der Waals surface area contributed by atoms with Gasteiger partial charge in [-0.1, -0.05) is 37.8 Å². The van der Waals surface area contributed by atoms with Crippen LogP contribution in [-0.2, 0) is 0 Å². The van der Waals surface area contributed by atoms with E-state index in [-0.39, 0.29) is 0 Å². The summed E-state index contributed by atoms with van der Waals surface area (Å²) in [6, 6.07) is 0. The van der Waals surface area contributed by atoms with Gasteiger partial charge in [0.1, 0.15) is 0 Å². The Hall–Kier alpha value is -0.450. The first kappa shape index (κ1) is 13.5. The van der Waals surface area contributed by atoms with Crippen LogP contribution in [0.15, 0.2) is 11.6 Å². The van der Waals surface area contributed by atoms with Crippen molar-refractivity contribution in [2.45, 2.75) is 51.6 Å². The SMILES string of the molecule is CCCCCCC#CCC(O)/C=C/Cl. The van der Waals surface area contributed by atoms with Crippen LogP contribution in [0.3, 0.4) is 0 Å². The lowest BCUT2D eigenvalue weighted by molar-refractivity contribution is 0.229. The fourth-order valence-corrected chi connectivity index (χ4v) is 1.23. The number of aliphatic hydroxyl groups is 1. The summed E-state index contributed by atoms with van der Waals surface area (Å²) in [6.07, 6.45) is 7.42. The lowest BCUT2D eigenvalue weighted by Gasteiger charge is -1.96. The van der Waals surface area contributed by atoms with Crippen LogP contribution in [0.2, 0.25) is 0 Å². The van der Waals surface area contributed by atoms with E-state index in [0.717, 1.165) is 6.42 Å². The Morgan fingerprint density at radius 2 is 2.07 bits per heavy atom. The van der Waals surface area contributed by atoms with Crippen LogP contribution in [0, 0.1) is 11.8 Å². The molecule has 0 aromatic rings. The molecule has 0 saturated carbocycles. The molecule has 80 valence electrons. The third-order valence-electron chi connectivity index (χ3n) is 1.89. The normalized spacial score (nSPS) is 12.5. The average molecular weight is 215 g/mol. The van der Waals surface area contributed by atoms with Crippen LogP contribution in [0.1, 0.15) is 45.4 Å². The summed E-state index contributed by atoms with van der Waals surface area (Å²) in [5, 5.41) is 9.22. The molecule has 0 aliphatic rings. The van der Waals surface area contributed by atoms with Gasteiger partial charge in [-0.25, -0.2) is 0 Å². The maximum absolute atomic E-state index is 9.22. The van der Waals surface area contributed by atoms with Gasteiger partial charge >= 0.3 is 0 Å². The predicted molar refractivity (Wildman–Crippen MR) is 62.2 cm³/mol. The molecule has 0 aromatic carbocycles. The molecule has 0 amide bonds. The highest BCUT2D eigenvalue weighted by molar-refractivity contribution is 6.25. The zero-order valence-electron chi connectivity index (χ0n) is 8.80. The van der Waals surface area contributed by atoms with Gasteiger partial charge in [0.2, 0.25) is 0 Å². The van der Waals surface area contributed by atoms with Gasteiger partial charge in [0.15, 0.2) is 0 Å². The summed E-state index contributed by atoms with van der Waals surface area (Å²) in [6.45, 7) is 2.19. The topological polar surface area (TPSA) is 20.2 Å². The van der Waals surface area contributed by atoms with Gasteiger partial charge in [0, 0.05) is 18.4 Å². The van der Waals surface area contributed by atoms with Crippen LogP contribution < -0.4 is 0 Å². The zero-order valence-corrected chi connectivity index (χ0v) is 9.56. The van der Waals surface area contributed by atoms with Gasteiger partial charge in [-0.05, 0) is 12.5 Å². The Morgan fingerprint density at radius 3 is 2.71 bits per heavy atom. The molecule has 1 unspecified atom stereocenters. The van der Waals surface area contributed by atoms with Gasteiger partial charge in [-0.15, -0.1) is 11.8 Å². The number of halogens is 1. The first-order valence-corrected chi connectivity index (χ1v) is 5.65. The molecule has 1 nitrogen and oxygen atoms in total. The second-order valence-corrected chi connectivity index (χ2v) is 3.51. The van der Waals surface area contributed by atoms with Crippen LogP contribution >= 0.6 is 11.6 Å². The van der Waals surface area contributed by atoms with Crippen molar-refractivity contribution in [3.8, 4) is 11.8 Å². The highest BCUT2D eigenvalue weighted by atomic mass is 35.5. The molecule has 0 aliphatic carbocycles. The smallest absolute Gasteiger partial charge is 0.0841 e. The quantitative estimate of drug-likeness (QED) is 0.530. The van der Waals surface area contributed by atoms with Crippen molar-refractivity contribution in [3.63, 3.8) is 0 Å². The highest BCUT2D eigenvalue weighted by Crippen LogP contribution is 2.01. The Labute approximate surface area is 92.2 Å². The van der Waals surface area contributed by atoms with Crippen molar-refractivity contribution in [1.29, 1.82) is 0 Å². The second-order valence-electron chi connectivity index (χ2n) is 3.25. The fraction of sp³-hybridized carbons (Fsp3) is 0.667. The summed E-state index contributed by atoms with van der Waals surface area (Å²) in [5.41, 5.74) is 1.33. The van der Waals surface area contributed by atoms with E-state index in [1.165, 1.54) is 37.3 Å². The van der Waals surface area contributed by atoms with Crippen molar-refractivity contribution in [3.05, 3.63) is 11.6 Å². The van der Waals surface area contributed by atoms with E-state index in [9.17, 15) is 5.11 Å². The number of unbranched alkanes of at least 4 members (excludes halogenated alkanes) is 4. The summed E-state index contributed by atoms with van der Waals surface area (Å²) in [4.78, 5) is 0. The third-order valence-corrected chi connectivity index (χ3v) is 2.03. The van der Waals surface area contributed by atoms with Crippen molar-refractivity contribution in [2.75, 3.05) is 0 Å². The second kappa shape index (κ2) is 10.6. The molecule has 0 spiro atoms. The molecule has 0 radical (unpaired) electrons. The van der Waals surface area contributed by atoms with Gasteiger partial charge in [0.05, 0.1) is 6.10 Å². The Morgan fingerprint density at radius 1 is 1.29 bits per heavy atom. The summed E-state index contributed by atoms with van der Waals surface area (Å²) < 4.78 is 0. The molecule has 0 bridgehead atoms. The monoisotopic (exact) mass is 214 g/mol. The third kappa shape index (κ3) is 9.64. The van der Waals surface area contributed by atoms with Gasteiger partial charge < -0.3 is 5.11 Å². The van der Waals surface area contributed by atoms with Gasteiger partial charge in [-0.2, -0.15) is 0 Å². The summed E-state index contributed by atoms with van der Waals surface area (Å²) in [7, 11) is 0. The molecule has 0 fully saturated rings. The fourth-order valence-electron chi connectivity index (χ4n) is 1.06. The van der Waals surface area contributed by atoms with Gasteiger partial charge in [-0.3, -0.25) is 0 Å². The summed E-state index contributed by atoms with van der Waals surface area (Å²) >= 11 is 5.30. The van der Waals surface area contributed by atoms with Crippen molar-refractivity contribution in [1.82, 2.24) is 0 Å². The van der Waals surface area contributed by atoms with E-state index < -0.39 is 6.10 Å². The lowest BCUT2D eigenvalue weighted by atomic mass is 10.1. The Balaban J connectivity index is 3.34. The van der Waals surface area contributed by atoms with E-state index in [0.29, 0.717) is 6.42 Å². The van der Waals surface area contributed by atoms with E-state index in [4.69, 9.17) is 11.6 Å². The van der Waals surface area contributed by atoms with Crippen LogP contribution in [0.4, 0.5) is 0 Å². The number of hydrogen-bond donors (Lipinski definition) is 1. The maximum atomic E-state index is 9.22. The number of aliphatic hydroxyl groups excluding tert-OH is 1. The molecule has 1 N–H and O–H groups in total. The molecule has 14 heavy (non-hydrogen) atoms. The van der Waals surface area contributed by atoms with Crippen LogP contribution in [-0.4, -0.2) is 11.2 Å². The van der Waals surface area contributed by atoms with Gasteiger partial charge in [0.25, 0.3) is 0 Å². The minimum absolute atomic E-state index is 0.483. The highest BCUT2D eigenvalue weighted by Gasteiger charge is 1.92. The van der Waals surface area contributed by atoms with E-state index in [1.54, 1.807) is 0 Å². The number of hydrogen-bond acceptors (Lipinski definition) is 1. The van der Waals surface area contributed by atoms with Crippen LogP contribution in [0.5, 0.6) is 0 Å². The number of rotatable bonds is 6. The molecular formula is C12H19ClO. The Bertz CT molecular complexity index is 200. The molecule has 1 atom stereocenters. The largest absolute Gasteiger partial charge is 0.388 e. The van der Waals surface area contributed by atoms with E-state index in [1.807, 2.05) is 0 Å². The molecule has 0 rings (SSSR count). The standard InChI is InChI=1S/C12H19ClO/c1-2-3-4-5-6-7-8-9-12(14)10-11-13/h10-12,14H,2-6,9H2,1H3/b11-10+. The molecule has 0 heterocycles. The first-order valence-electron chi connectivity index (χ1n) is 5.22. The van der Waals surface area contributed by atoms with Crippen molar-refractivity contribution < 1.29 is 5.11 Å². The predicted octanol–water partition coefficient (Wildman–Crippen LogP) is 3.46. The minimum Gasteiger partial charge on any atom is -0.388 e. The van der Waals surface area contributed by atoms with E-state index in [2.05, 4.69) is 18.8 Å². The zero-order chi connectivity index (χ0) is 10.6.